The number of carbonyl (C=O) groups excluding carboxylic acids is 2. The van der Waals surface area contributed by atoms with Crippen molar-refractivity contribution < 1.29 is 9.59 Å². The van der Waals surface area contributed by atoms with Crippen LogP contribution in [0.2, 0.25) is 0 Å². The number of likely N-dealkylation sites (N-methyl/N-ethyl adjacent to an activating group) is 1. The van der Waals surface area contributed by atoms with Gasteiger partial charge in [-0.25, -0.2) is 0 Å². The first kappa shape index (κ1) is 11.9. The van der Waals surface area contributed by atoms with E-state index < -0.39 is 5.91 Å². The maximum atomic E-state index is 11.9. The number of amides is 2. The average molecular weight is 215 g/mol. The fraction of sp³-hybridized carbons (Fsp3) is 0.0769. The molecule has 16 heavy (non-hydrogen) atoms. The van der Waals surface area contributed by atoms with Gasteiger partial charge in [-0.3, -0.25) is 14.5 Å². The number of rotatable bonds is 3. The zero-order chi connectivity index (χ0) is 12.1. The van der Waals surface area contributed by atoms with Gasteiger partial charge in [0.05, 0.1) is 0 Å². The van der Waals surface area contributed by atoms with Gasteiger partial charge in [-0.2, -0.15) is 0 Å². The zero-order valence-electron chi connectivity index (χ0n) is 9.14. The van der Waals surface area contributed by atoms with E-state index in [2.05, 4.69) is 13.2 Å². The lowest BCUT2D eigenvalue weighted by atomic mass is 10.1. The number of hydrogen-bond acceptors (Lipinski definition) is 2. The van der Waals surface area contributed by atoms with Gasteiger partial charge in [-0.1, -0.05) is 37.4 Å². The lowest BCUT2D eigenvalue weighted by molar-refractivity contribution is -0.122. The predicted molar refractivity (Wildman–Crippen MR) is 63.8 cm³/mol. The van der Waals surface area contributed by atoms with Crippen molar-refractivity contribution in [1.82, 2.24) is 4.90 Å². The molecule has 1 aromatic carbocycles. The number of carbonyl (C=O) groups is 2. The highest BCUT2D eigenvalue weighted by Crippen LogP contribution is 2.12. The standard InChI is InChI=1S/C13H13NO2/c1-4-10-8-6-7-9-11(10)13(16)14(3)12(15)5-2/h4-9H,1-2H2,3H3. The third-order valence-corrected chi connectivity index (χ3v) is 2.22. The third kappa shape index (κ3) is 2.25. The van der Waals surface area contributed by atoms with Gasteiger partial charge < -0.3 is 0 Å². The summed E-state index contributed by atoms with van der Waals surface area (Å²) in [6.45, 7) is 6.96. The lowest BCUT2D eigenvalue weighted by Gasteiger charge is -2.14. The Morgan fingerprint density at radius 3 is 2.44 bits per heavy atom. The minimum atomic E-state index is -0.427. The minimum absolute atomic E-state index is 0.361. The molecular weight excluding hydrogens is 202 g/mol. The van der Waals surface area contributed by atoms with Gasteiger partial charge >= 0.3 is 0 Å². The van der Waals surface area contributed by atoms with Gasteiger partial charge in [0.1, 0.15) is 0 Å². The van der Waals surface area contributed by atoms with E-state index in [1.165, 1.54) is 7.05 Å². The molecule has 0 aliphatic rings. The second-order valence-electron chi connectivity index (χ2n) is 3.20. The molecule has 3 heteroatoms. The van der Waals surface area contributed by atoms with Crippen molar-refractivity contribution in [2.45, 2.75) is 0 Å². The van der Waals surface area contributed by atoms with Crippen LogP contribution >= 0.6 is 0 Å². The van der Waals surface area contributed by atoms with Crippen LogP contribution in [-0.2, 0) is 4.79 Å². The molecule has 0 aliphatic carbocycles. The van der Waals surface area contributed by atoms with Gasteiger partial charge in [0.2, 0.25) is 0 Å². The molecule has 0 aromatic heterocycles. The number of nitrogens with zero attached hydrogens (tertiary/aromatic N) is 1. The first-order valence-corrected chi connectivity index (χ1v) is 4.77. The van der Waals surface area contributed by atoms with Crippen molar-refractivity contribution in [2.24, 2.45) is 0 Å². The Bertz CT molecular complexity index is 449. The van der Waals surface area contributed by atoms with Crippen LogP contribution in [0.15, 0.2) is 43.5 Å². The van der Waals surface area contributed by atoms with Crippen LogP contribution in [0, 0.1) is 0 Å². The fourth-order valence-corrected chi connectivity index (χ4v) is 1.29. The highest BCUT2D eigenvalue weighted by molar-refractivity contribution is 6.08. The maximum absolute atomic E-state index is 11.9. The van der Waals surface area contributed by atoms with Crippen LogP contribution in [-0.4, -0.2) is 23.8 Å². The first-order chi connectivity index (χ1) is 7.61. The van der Waals surface area contributed by atoms with Gasteiger partial charge in [-0.05, 0) is 17.7 Å². The summed E-state index contributed by atoms with van der Waals surface area (Å²) in [6.07, 6.45) is 2.69. The molecule has 0 unspecified atom stereocenters. The van der Waals surface area contributed by atoms with E-state index in [9.17, 15) is 9.59 Å². The van der Waals surface area contributed by atoms with Crippen molar-refractivity contribution >= 4 is 17.9 Å². The molecule has 0 fully saturated rings. The van der Waals surface area contributed by atoms with Crippen LogP contribution in [0.25, 0.3) is 6.08 Å². The minimum Gasteiger partial charge on any atom is -0.278 e. The number of imide groups is 1. The summed E-state index contributed by atoms with van der Waals surface area (Å²) in [5.41, 5.74) is 1.16. The van der Waals surface area contributed by atoms with Gasteiger partial charge in [-0.15, -0.1) is 0 Å². The summed E-state index contributed by atoms with van der Waals surface area (Å²) in [5, 5.41) is 0. The topological polar surface area (TPSA) is 37.4 Å². The summed E-state index contributed by atoms with van der Waals surface area (Å²) in [4.78, 5) is 24.2. The highest BCUT2D eigenvalue weighted by atomic mass is 16.2. The Kier molecular flexibility index (Phi) is 3.78. The molecule has 0 heterocycles. The molecular formula is C13H13NO2. The smallest absolute Gasteiger partial charge is 0.261 e. The molecule has 82 valence electrons. The molecule has 0 bridgehead atoms. The van der Waals surface area contributed by atoms with Gasteiger partial charge in [0.25, 0.3) is 11.8 Å². The maximum Gasteiger partial charge on any atom is 0.261 e. The predicted octanol–water partition coefficient (Wildman–Crippen LogP) is 2.11. The van der Waals surface area contributed by atoms with E-state index in [1.54, 1.807) is 24.3 Å². The average Bonchev–Trinajstić information content (AvgIpc) is 2.35. The molecule has 1 aromatic rings. The molecule has 0 spiro atoms. The van der Waals surface area contributed by atoms with Crippen molar-refractivity contribution in [2.75, 3.05) is 7.05 Å². The largest absolute Gasteiger partial charge is 0.278 e. The van der Waals surface area contributed by atoms with E-state index in [4.69, 9.17) is 0 Å². The Labute approximate surface area is 94.7 Å². The van der Waals surface area contributed by atoms with Crippen LogP contribution in [0.4, 0.5) is 0 Å². The van der Waals surface area contributed by atoms with E-state index in [0.29, 0.717) is 11.1 Å². The zero-order valence-corrected chi connectivity index (χ0v) is 9.14. The van der Waals surface area contributed by atoms with E-state index >= 15 is 0 Å². The number of hydrogen-bond donors (Lipinski definition) is 0. The lowest BCUT2D eigenvalue weighted by Crippen LogP contribution is -2.32. The SMILES string of the molecule is C=CC(=O)N(C)C(=O)c1ccccc1C=C. The molecule has 2 amide bonds. The molecule has 0 saturated heterocycles. The van der Waals surface area contributed by atoms with Crippen molar-refractivity contribution in [3.8, 4) is 0 Å². The second-order valence-corrected chi connectivity index (χ2v) is 3.20. The van der Waals surface area contributed by atoms with Gasteiger partial charge in [0.15, 0.2) is 0 Å². The van der Waals surface area contributed by atoms with Crippen molar-refractivity contribution in [3.63, 3.8) is 0 Å². The van der Waals surface area contributed by atoms with Crippen LogP contribution in [0.5, 0.6) is 0 Å². The summed E-state index contributed by atoms with van der Waals surface area (Å²) < 4.78 is 0. The van der Waals surface area contributed by atoms with Crippen LogP contribution in [0.1, 0.15) is 15.9 Å². The Morgan fingerprint density at radius 1 is 1.25 bits per heavy atom. The summed E-state index contributed by atoms with van der Waals surface area (Å²) in [6, 6.07) is 6.98. The molecule has 0 radical (unpaired) electrons. The Morgan fingerprint density at radius 2 is 1.88 bits per heavy atom. The van der Waals surface area contributed by atoms with Crippen molar-refractivity contribution in [3.05, 3.63) is 54.6 Å². The highest BCUT2D eigenvalue weighted by Gasteiger charge is 2.17. The molecule has 0 saturated carbocycles. The fourth-order valence-electron chi connectivity index (χ4n) is 1.29. The molecule has 0 atom stereocenters. The molecule has 0 N–H and O–H groups in total. The van der Waals surface area contributed by atoms with Crippen LogP contribution < -0.4 is 0 Å². The Balaban J connectivity index is 3.09. The summed E-state index contributed by atoms with van der Waals surface area (Å²) in [7, 11) is 1.42. The summed E-state index contributed by atoms with van der Waals surface area (Å²) in [5.74, 6) is -0.788. The first-order valence-electron chi connectivity index (χ1n) is 4.77. The quantitative estimate of drug-likeness (QED) is 0.724. The third-order valence-electron chi connectivity index (χ3n) is 2.22. The van der Waals surface area contributed by atoms with Crippen molar-refractivity contribution in [1.29, 1.82) is 0 Å². The van der Waals surface area contributed by atoms with E-state index in [-0.39, 0.29) is 5.91 Å². The van der Waals surface area contributed by atoms with E-state index in [1.807, 2.05) is 6.07 Å². The van der Waals surface area contributed by atoms with Gasteiger partial charge in [0, 0.05) is 12.6 Å². The molecule has 3 nitrogen and oxygen atoms in total. The van der Waals surface area contributed by atoms with Crippen LogP contribution in [0.3, 0.4) is 0 Å². The normalized spacial score (nSPS) is 9.31. The summed E-state index contributed by atoms with van der Waals surface area (Å²) >= 11 is 0. The number of benzene rings is 1. The molecule has 1 rings (SSSR count). The van der Waals surface area contributed by atoms with E-state index in [0.717, 1.165) is 11.0 Å². The second kappa shape index (κ2) is 5.07. The molecule has 0 aliphatic heterocycles. The monoisotopic (exact) mass is 215 g/mol. The Hall–Kier alpha value is -2.16.